The number of rotatable bonds is 7. The maximum Gasteiger partial charge on any atom is 0.319 e. The molecule has 1 aromatic heterocycles. The van der Waals surface area contributed by atoms with Crippen LogP contribution in [0.2, 0.25) is 0 Å². The fourth-order valence-corrected chi connectivity index (χ4v) is 3.19. The highest BCUT2D eigenvalue weighted by molar-refractivity contribution is 5.79. The summed E-state index contributed by atoms with van der Waals surface area (Å²) in [6.45, 7) is 3.37. The van der Waals surface area contributed by atoms with Gasteiger partial charge in [0.2, 0.25) is 0 Å². The highest BCUT2D eigenvalue weighted by Gasteiger charge is 2.31. The van der Waals surface area contributed by atoms with Gasteiger partial charge in [0.25, 0.3) is 0 Å². The van der Waals surface area contributed by atoms with Gasteiger partial charge in [-0.05, 0) is 31.6 Å². The van der Waals surface area contributed by atoms with E-state index in [1.54, 1.807) is 0 Å². The summed E-state index contributed by atoms with van der Waals surface area (Å²) in [4.78, 5) is 8.36. The normalized spacial score (nSPS) is 17.7. The zero-order valence-corrected chi connectivity index (χ0v) is 14.0. The van der Waals surface area contributed by atoms with Gasteiger partial charge in [-0.3, -0.25) is 4.57 Å². The molecule has 1 heterocycles. The molecule has 0 bridgehead atoms. The molecule has 23 heavy (non-hydrogen) atoms. The molecule has 7 heteroatoms. The fraction of sp³-hybridized carbons (Fsp3) is 0.750. The van der Waals surface area contributed by atoms with Crippen molar-refractivity contribution >= 4 is 5.96 Å². The van der Waals surface area contributed by atoms with E-state index in [0.29, 0.717) is 11.4 Å². The molecule has 0 saturated heterocycles. The van der Waals surface area contributed by atoms with Gasteiger partial charge in [-0.2, -0.15) is 8.78 Å². The minimum atomic E-state index is -2.58. The van der Waals surface area contributed by atoms with Crippen molar-refractivity contribution in [2.75, 3.05) is 13.1 Å². The topological polar surface area (TPSA) is 54.2 Å². The van der Waals surface area contributed by atoms with E-state index < -0.39 is 6.55 Å². The van der Waals surface area contributed by atoms with Crippen molar-refractivity contribution in [1.29, 1.82) is 0 Å². The molecule has 1 aromatic rings. The SMILES string of the molecule is CCNC(=NCc1nccn1C(F)F)NCC1(CC)CCCC1. The van der Waals surface area contributed by atoms with E-state index in [4.69, 9.17) is 0 Å². The number of halogens is 2. The summed E-state index contributed by atoms with van der Waals surface area (Å²) >= 11 is 0. The van der Waals surface area contributed by atoms with Crippen molar-refractivity contribution in [2.24, 2.45) is 10.4 Å². The molecular weight excluding hydrogens is 300 g/mol. The summed E-state index contributed by atoms with van der Waals surface area (Å²) in [7, 11) is 0. The second-order valence-corrected chi connectivity index (χ2v) is 6.14. The highest BCUT2D eigenvalue weighted by Crippen LogP contribution is 2.40. The molecule has 1 aliphatic rings. The van der Waals surface area contributed by atoms with Gasteiger partial charge in [0.1, 0.15) is 12.4 Å². The lowest BCUT2D eigenvalue weighted by molar-refractivity contribution is 0.0671. The second-order valence-electron chi connectivity index (χ2n) is 6.14. The maximum absolute atomic E-state index is 12.8. The van der Waals surface area contributed by atoms with E-state index in [-0.39, 0.29) is 12.4 Å². The zero-order chi connectivity index (χ0) is 16.7. The van der Waals surface area contributed by atoms with Crippen molar-refractivity contribution < 1.29 is 8.78 Å². The number of nitrogens with zero attached hydrogens (tertiary/aromatic N) is 3. The Hall–Kier alpha value is -1.66. The smallest absolute Gasteiger partial charge is 0.319 e. The first-order chi connectivity index (χ1) is 11.1. The van der Waals surface area contributed by atoms with Gasteiger partial charge in [0, 0.05) is 25.5 Å². The lowest BCUT2D eigenvalue weighted by atomic mass is 9.83. The average molecular weight is 327 g/mol. The Morgan fingerprint density at radius 1 is 1.35 bits per heavy atom. The Morgan fingerprint density at radius 2 is 2.09 bits per heavy atom. The molecule has 2 rings (SSSR count). The minimum absolute atomic E-state index is 0.131. The van der Waals surface area contributed by atoms with E-state index in [0.717, 1.165) is 24.1 Å². The minimum Gasteiger partial charge on any atom is -0.357 e. The van der Waals surface area contributed by atoms with Gasteiger partial charge in [-0.15, -0.1) is 0 Å². The van der Waals surface area contributed by atoms with Crippen LogP contribution in [0.15, 0.2) is 17.4 Å². The van der Waals surface area contributed by atoms with Gasteiger partial charge >= 0.3 is 6.55 Å². The van der Waals surface area contributed by atoms with E-state index in [1.165, 1.54) is 38.1 Å². The number of alkyl halides is 2. The van der Waals surface area contributed by atoms with Gasteiger partial charge in [-0.1, -0.05) is 19.8 Å². The third-order valence-electron chi connectivity index (χ3n) is 4.73. The first-order valence-corrected chi connectivity index (χ1v) is 8.42. The molecule has 1 fully saturated rings. The molecule has 130 valence electrons. The van der Waals surface area contributed by atoms with Crippen molar-refractivity contribution in [2.45, 2.75) is 59.0 Å². The molecule has 0 aliphatic heterocycles. The van der Waals surface area contributed by atoms with Crippen LogP contribution in [0.4, 0.5) is 8.78 Å². The van der Waals surface area contributed by atoms with Gasteiger partial charge in [0.05, 0.1) is 0 Å². The Morgan fingerprint density at radius 3 is 2.70 bits per heavy atom. The van der Waals surface area contributed by atoms with Crippen molar-refractivity contribution in [3.05, 3.63) is 18.2 Å². The zero-order valence-electron chi connectivity index (χ0n) is 14.0. The lowest BCUT2D eigenvalue weighted by Gasteiger charge is -2.28. The lowest BCUT2D eigenvalue weighted by Crippen LogP contribution is -2.42. The van der Waals surface area contributed by atoms with Gasteiger partial charge in [0.15, 0.2) is 5.96 Å². The molecule has 0 aromatic carbocycles. The number of hydrogen-bond acceptors (Lipinski definition) is 2. The summed E-state index contributed by atoms with van der Waals surface area (Å²) in [6, 6.07) is 0. The Kier molecular flexibility index (Phi) is 6.36. The van der Waals surface area contributed by atoms with Gasteiger partial charge < -0.3 is 10.6 Å². The van der Waals surface area contributed by atoms with Crippen LogP contribution in [-0.2, 0) is 6.54 Å². The summed E-state index contributed by atoms with van der Waals surface area (Å²) in [5, 5.41) is 6.55. The number of aromatic nitrogens is 2. The van der Waals surface area contributed by atoms with Crippen LogP contribution in [0.1, 0.15) is 58.3 Å². The molecule has 1 saturated carbocycles. The second kappa shape index (κ2) is 8.26. The van der Waals surface area contributed by atoms with Crippen LogP contribution >= 0.6 is 0 Å². The molecule has 5 nitrogen and oxygen atoms in total. The summed E-state index contributed by atoms with van der Waals surface area (Å²) in [5.41, 5.74) is 0.345. The van der Waals surface area contributed by atoms with Gasteiger partial charge in [-0.25, -0.2) is 9.98 Å². The highest BCUT2D eigenvalue weighted by atomic mass is 19.3. The standard InChI is InChI=1S/C16H27F2N5/c1-3-16(7-5-6-8-16)12-22-15(19-4-2)21-11-13-20-9-10-23(13)14(17)18/h9-10,14H,3-8,11-12H2,1-2H3,(H2,19,21,22). The molecule has 0 radical (unpaired) electrons. The maximum atomic E-state index is 12.8. The van der Waals surface area contributed by atoms with E-state index >= 15 is 0 Å². The number of hydrogen-bond donors (Lipinski definition) is 2. The Balaban J connectivity index is 1.98. The van der Waals surface area contributed by atoms with Crippen molar-refractivity contribution in [1.82, 2.24) is 20.2 Å². The van der Waals surface area contributed by atoms with Crippen LogP contribution in [0, 0.1) is 5.41 Å². The fourth-order valence-electron chi connectivity index (χ4n) is 3.19. The Labute approximate surface area is 136 Å². The molecule has 0 spiro atoms. The molecule has 0 atom stereocenters. The number of nitrogens with one attached hydrogen (secondary N) is 2. The number of imidazole rings is 1. The van der Waals surface area contributed by atoms with E-state index in [9.17, 15) is 8.78 Å². The summed E-state index contributed by atoms with van der Waals surface area (Å²) in [6.07, 6.45) is 8.86. The van der Waals surface area contributed by atoms with Crippen LogP contribution in [0.25, 0.3) is 0 Å². The van der Waals surface area contributed by atoms with Crippen molar-refractivity contribution in [3.8, 4) is 0 Å². The third-order valence-corrected chi connectivity index (χ3v) is 4.73. The molecule has 0 amide bonds. The summed E-state index contributed by atoms with van der Waals surface area (Å²) in [5.74, 6) is 0.930. The predicted octanol–water partition coefficient (Wildman–Crippen LogP) is 3.30. The van der Waals surface area contributed by atoms with E-state index in [1.807, 2.05) is 6.92 Å². The van der Waals surface area contributed by atoms with Crippen LogP contribution < -0.4 is 10.6 Å². The third kappa shape index (κ3) is 4.65. The van der Waals surface area contributed by atoms with E-state index in [2.05, 4.69) is 27.5 Å². The summed E-state index contributed by atoms with van der Waals surface area (Å²) < 4.78 is 26.5. The predicted molar refractivity (Wildman–Crippen MR) is 87.5 cm³/mol. The molecule has 0 unspecified atom stereocenters. The van der Waals surface area contributed by atoms with Crippen LogP contribution in [-0.4, -0.2) is 28.6 Å². The quantitative estimate of drug-likeness (QED) is 0.597. The van der Waals surface area contributed by atoms with Crippen LogP contribution in [0.5, 0.6) is 0 Å². The first-order valence-electron chi connectivity index (χ1n) is 8.42. The molecular formula is C16H27F2N5. The Bertz CT molecular complexity index is 506. The van der Waals surface area contributed by atoms with Crippen LogP contribution in [0.3, 0.4) is 0 Å². The van der Waals surface area contributed by atoms with Crippen molar-refractivity contribution in [3.63, 3.8) is 0 Å². The largest absolute Gasteiger partial charge is 0.357 e. The monoisotopic (exact) mass is 327 g/mol. The number of guanidine groups is 1. The number of aliphatic imine (C=N–C) groups is 1. The molecule has 1 aliphatic carbocycles. The molecule has 2 N–H and O–H groups in total. The average Bonchev–Trinajstić information content (AvgIpc) is 3.19. The first kappa shape index (κ1) is 17.7.